The van der Waals surface area contributed by atoms with Gasteiger partial charge < -0.3 is 15.7 Å². The van der Waals surface area contributed by atoms with E-state index in [4.69, 9.17) is 5.73 Å². The first kappa shape index (κ1) is 21.4. The molecule has 0 radical (unpaired) electrons. The number of likely N-dealkylation sites (tertiary alicyclic amines) is 1. The number of amides is 1. The van der Waals surface area contributed by atoms with Gasteiger partial charge in [0.2, 0.25) is 5.91 Å². The van der Waals surface area contributed by atoms with E-state index in [1.807, 2.05) is 62.4 Å². The van der Waals surface area contributed by atoms with E-state index < -0.39 is 12.3 Å². The molecule has 1 aromatic carbocycles. The number of hydrogen-bond donors (Lipinski definition) is 3. The Balaban J connectivity index is 1.75. The lowest BCUT2D eigenvalue weighted by Gasteiger charge is -2.34. The van der Waals surface area contributed by atoms with Crippen molar-refractivity contribution >= 4 is 5.91 Å². The minimum absolute atomic E-state index is 0.0649. The summed E-state index contributed by atoms with van der Waals surface area (Å²) < 4.78 is 0. The predicted molar refractivity (Wildman–Crippen MR) is 114 cm³/mol. The van der Waals surface area contributed by atoms with Crippen molar-refractivity contribution in [2.75, 3.05) is 6.54 Å². The summed E-state index contributed by atoms with van der Waals surface area (Å²) in [5, 5.41) is 14.4. The Labute approximate surface area is 173 Å². The standard InChI is InChI=1S/C23H32N4O2/c1-16(2)21(24)23(29)27-14-8-12-20(27)22(28)26-19(17-9-4-3-5-10-17)15-18-11-6-7-13-25-18/h3-7,9-11,13,16,19-22,26,28H,8,12,14-15,24H2,1-2H3/t19-,20-,21-,22?/m0/s1. The van der Waals surface area contributed by atoms with Crippen LogP contribution in [-0.2, 0) is 11.2 Å². The maximum atomic E-state index is 12.8. The number of aliphatic hydroxyl groups is 1. The van der Waals surface area contributed by atoms with Crippen LogP contribution in [-0.4, -0.2) is 45.8 Å². The van der Waals surface area contributed by atoms with Gasteiger partial charge in [-0.15, -0.1) is 0 Å². The first-order chi connectivity index (χ1) is 14.0. The van der Waals surface area contributed by atoms with Crippen LogP contribution in [0.1, 0.15) is 44.0 Å². The van der Waals surface area contributed by atoms with Gasteiger partial charge in [-0.3, -0.25) is 15.1 Å². The van der Waals surface area contributed by atoms with Gasteiger partial charge in [-0.1, -0.05) is 50.2 Å². The lowest BCUT2D eigenvalue weighted by molar-refractivity contribution is -0.137. The first-order valence-electron chi connectivity index (χ1n) is 10.4. The molecule has 1 saturated heterocycles. The van der Waals surface area contributed by atoms with E-state index in [1.54, 1.807) is 11.1 Å². The fourth-order valence-corrected chi connectivity index (χ4v) is 3.87. The molecule has 156 valence electrons. The maximum absolute atomic E-state index is 12.8. The molecule has 1 aliphatic rings. The van der Waals surface area contributed by atoms with Crippen molar-refractivity contribution in [1.82, 2.24) is 15.2 Å². The number of pyridine rings is 1. The van der Waals surface area contributed by atoms with Crippen LogP contribution in [0, 0.1) is 5.92 Å². The Hall–Kier alpha value is -2.28. The number of hydrogen-bond acceptors (Lipinski definition) is 5. The Kier molecular flexibility index (Phi) is 7.36. The van der Waals surface area contributed by atoms with Crippen molar-refractivity contribution in [3.05, 3.63) is 66.0 Å². The van der Waals surface area contributed by atoms with Crippen LogP contribution in [0.2, 0.25) is 0 Å². The molecule has 29 heavy (non-hydrogen) atoms. The average molecular weight is 397 g/mol. The van der Waals surface area contributed by atoms with Gasteiger partial charge in [0, 0.05) is 30.9 Å². The molecule has 1 amide bonds. The zero-order valence-corrected chi connectivity index (χ0v) is 17.2. The van der Waals surface area contributed by atoms with Crippen molar-refractivity contribution in [2.45, 2.75) is 57.5 Å². The minimum atomic E-state index is -0.838. The lowest BCUT2D eigenvalue weighted by Crippen LogP contribution is -2.54. The van der Waals surface area contributed by atoms with Gasteiger partial charge in [0.1, 0.15) is 6.23 Å². The number of rotatable bonds is 8. The van der Waals surface area contributed by atoms with E-state index in [2.05, 4.69) is 10.3 Å². The molecule has 1 unspecified atom stereocenters. The fraction of sp³-hybridized carbons (Fsp3) is 0.478. The predicted octanol–water partition coefficient (Wildman–Crippen LogP) is 2.25. The molecular formula is C23H32N4O2. The lowest BCUT2D eigenvalue weighted by atomic mass is 10.00. The highest BCUT2D eigenvalue weighted by Crippen LogP contribution is 2.24. The first-order valence-corrected chi connectivity index (χ1v) is 10.4. The van der Waals surface area contributed by atoms with Crippen molar-refractivity contribution in [1.29, 1.82) is 0 Å². The average Bonchev–Trinajstić information content (AvgIpc) is 3.23. The molecule has 4 atom stereocenters. The van der Waals surface area contributed by atoms with Gasteiger partial charge in [0.15, 0.2) is 0 Å². The van der Waals surface area contributed by atoms with Crippen LogP contribution < -0.4 is 11.1 Å². The van der Waals surface area contributed by atoms with Crippen molar-refractivity contribution in [3.63, 3.8) is 0 Å². The van der Waals surface area contributed by atoms with Gasteiger partial charge in [-0.05, 0) is 36.5 Å². The summed E-state index contributed by atoms with van der Waals surface area (Å²) >= 11 is 0. The highest BCUT2D eigenvalue weighted by Gasteiger charge is 2.37. The second-order valence-electron chi connectivity index (χ2n) is 8.11. The smallest absolute Gasteiger partial charge is 0.240 e. The molecule has 0 bridgehead atoms. The number of nitrogens with zero attached hydrogens (tertiary/aromatic N) is 2. The van der Waals surface area contributed by atoms with E-state index in [0.717, 1.165) is 24.1 Å². The van der Waals surface area contributed by atoms with Gasteiger partial charge in [0.25, 0.3) is 0 Å². The summed E-state index contributed by atoms with van der Waals surface area (Å²) in [4.78, 5) is 19.0. The summed E-state index contributed by atoms with van der Waals surface area (Å²) in [5.41, 5.74) is 8.12. The molecule has 1 aromatic heterocycles. The number of carbonyl (C=O) groups is 1. The van der Waals surface area contributed by atoms with Gasteiger partial charge in [0.05, 0.1) is 12.1 Å². The van der Waals surface area contributed by atoms with Crippen molar-refractivity contribution in [2.24, 2.45) is 11.7 Å². The van der Waals surface area contributed by atoms with Crippen LogP contribution in [0.3, 0.4) is 0 Å². The summed E-state index contributed by atoms with van der Waals surface area (Å²) in [7, 11) is 0. The van der Waals surface area contributed by atoms with Gasteiger partial charge >= 0.3 is 0 Å². The zero-order valence-electron chi connectivity index (χ0n) is 17.2. The normalized spacial score (nSPS) is 19.9. The molecule has 0 aliphatic carbocycles. The topological polar surface area (TPSA) is 91.5 Å². The summed E-state index contributed by atoms with van der Waals surface area (Å²) in [6.07, 6.45) is 3.22. The fourth-order valence-electron chi connectivity index (χ4n) is 3.87. The number of nitrogens with one attached hydrogen (secondary N) is 1. The molecule has 4 N–H and O–H groups in total. The number of benzene rings is 1. The molecule has 0 spiro atoms. The molecule has 1 fully saturated rings. The third-order valence-electron chi connectivity index (χ3n) is 5.66. The second-order valence-corrected chi connectivity index (χ2v) is 8.11. The van der Waals surface area contributed by atoms with Crippen LogP contribution in [0.15, 0.2) is 54.7 Å². The number of aliphatic hydroxyl groups excluding tert-OH is 1. The minimum Gasteiger partial charge on any atom is -0.376 e. The van der Waals surface area contributed by atoms with E-state index in [1.165, 1.54) is 0 Å². The van der Waals surface area contributed by atoms with Crippen LogP contribution in [0.25, 0.3) is 0 Å². The van der Waals surface area contributed by atoms with Crippen molar-refractivity contribution in [3.8, 4) is 0 Å². The van der Waals surface area contributed by atoms with E-state index in [-0.39, 0.29) is 23.9 Å². The van der Waals surface area contributed by atoms with Gasteiger partial charge in [-0.25, -0.2) is 0 Å². The zero-order chi connectivity index (χ0) is 20.8. The maximum Gasteiger partial charge on any atom is 0.240 e. The molecule has 1 aliphatic heterocycles. The molecule has 2 aromatic rings. The molecular weight excluding hydrogens is 364 g/mol. The van der Waals surface area contributed by atoms with Gasteiger partial charge in [-0.2, -0.15) is 0 Å². The Bertz CT molecular complexity index is 769. The number of carbonyl (C=O) groups excluding carboxylic acids is 1. The molecule has 0 saturated carbocycles. The third-order valence-corrected chi connectivity index (χ3v) is 5.66. The highest BCUT2D eigenvalue weighted by molar-refractivity contribution is 5.82. The molecule has 6 heteroatoms. The second kappa shape index (κ2) is 9.96. The van der Waals surface area contributed by atoms with E-state index >= 15 is 0 Å². The number of nitrogens with two attached hydrogens (primary N) is 1. The third kappa shape index (κ3) is 5.41. The Morgan fingerprint density at radius 3 is 2.62 bits per heavy atom. The van der Waals surface area contributed by atoms with Crippen LogP contribution in [0.5, 0.6) is 0 Å². The monoisotopic (exact) mass is 396 g/mol. The van der Waals surface area contributed by atoms with Crippen LogP contribution >= 0.6 is 0 Å². The van der Waals surface area contributed by atoms with E-state index in [0.29, 0.717) is 13.0 Å². The molecule has 6 nitrogen and oxygen atoms in total. The largest absolute Gasteiger partial charge is 0.376 e. The highest BCUT2D eigenvalue weighted by atomic mass is 16.3. The summed E-state index contributed by atoms with van der Waals surface area (Å²) in [6, 6.07) is 14.9. The Morgan fingerprint density at radius 1 is 1.24 bits per heavy atom. The molecule has 2 heterocycles. The molecule has 3 rings (SSSR count). The van der Waals surface area contributed by atoms with Crippen LogP contribution in [0.4, 0.5) is 0 Å². The van der Waals surface area contributed by atoms with E-state index in [9.17, 15) is 9.90 Å². The van der Waals surface area contributed by atoms with Crippen molar-refractivity contribution < 1.29 is 9.90 Å². The Morgan fingerprint density at radius 2 is 1.97 bits per heavy atom. The quantitative estimate of drug-likeness (QED) is 0.595. The SMILES string of the molecule is CC(C)[C@H](N)C(=O)N1CCC[C@H]1C(O)N[C@@H](Cc1ccccn1)c1ccccc1. The summed E-state index contributed by atoms with van der Waals surface area (Å²) in [6.45, 7) is 4.53. The summed E-state index contributed by atoms with van der Waals surface area (Å²) in [5.74, 6) is -0.0144. The number of aromatic nitrogens is 1.